The van der Waals surface area contributed by atoms with Crippen LogP contribution in [0.4, 0.5) is 5.69 Å². The minimum Gasteiger partial charge on any atom is -0.497 e. The summed E-state index contributed by atoms with van der Waals surface area (Å²) in [4.78, 5) is 24.2. The Morgan fingerprint density at radius 2 is 1.87 bits per heavy atom. The van der Waals surface area contributed by atoms with Crippen molar-refractivity contribution in [3.8, 4) is 11.5 Å². The van der Waals surface area contributed by atoms with Gasteiger partial charge in [0.15, 0.2) is 0 Å². The number of carbonyl (C=O) groups is 2. The van der Waals surface area contributed by atoms with Crippen molar-refractivity contribution in [2.24, 2.45) is 11.8 Å². The molecule has 1 aliphatic rings. The van der Waals surface area contributed by atoms with Gasteiger partial charge in [0, 0.05) is 19.7 Å². The summed E-state index contributed by atoms with van der Waals surface area (Å²) >= 11 is 0. The molecule has 1 aromatic carbocycles. The molecule has 7 nitrogen and oxygen atoms in total. The van der Waals surface area contributed by atoms with Crippen LogP contribution in [-0.4, -0.2) is 46.3 Å². The van der Waals surface area contributed by atoms with Crippen LogP contribution < -0.4 is 20.1 Å². The van der Waals surface area contributed by atoms with E-state index in [0.29, 0.717) is 36.8 Å². The number of ether oxygens (including phenoxy) is 3. The second-order valence-corrected chi connectivity index (χ2v) is 5.29. The summed E-state index contributed by atoms with van der Waals surface area (Å²) in [5.74, 6) is 0.270. The van der Waals surface area contributed by atoms with Crippen molar-refractivity contribution in [1.82, 2.24) is 5.32 Å². The van der Waals surface area contributed by atoms with Crippen LogP contribution in [0.5, 0.6) is 11.5 Å². The predicted octanol–water partition coefficient (Wildman–Crippen LogP) is 1.04. The third-order valence-corrected chi connectivity index (χ3v) is 3.73. The van der Waals surface area contributed by atoms with E-state index in [1.54, 1.807) is 32.4 Å². The molecule has 126 valence electrons. The molecule has 2 unspecified atom stereocenters. The number of anilines is 1. The van der Waals surface area contributed by atoms with Gasteiger partial charge >= 0.3 is 0 Å². The molecule has 2 rings (SSSR count). The maximum Gasteiger partial charge on any atom is 0.228 e. The number of nitrogens with one attached hydrogen (secondary N) is 2. The Morgan fingerprint density at radius 3 is 2.52 bits per heavy atom. The van der Waals surface area contributed by atoms with Gasteiger partial charge in [0.2, 0.25) is 11.8 Å². The summed E-state index contributed by atoms with van der Waals surface area (Å²) in [6.45, 7) is 0.903. The summed E-state index contributed by atoms with van der Waals surface area (Å²) in [6.07, 6.45) is 0.553. The summed E-state index contributed by atoms with van der Waals surface area (Å²) in [5.41, 5.74) is 0.530. The van der Waals surface area contributed by atoms with Crippen molar-refractivity contribution >= 4 is 17.5 Å². The van der Waals surface area contributed by atoms with Crippen LogP contribution in [-0.2, 0) is 14.3 Å². The average molecular weight is 322 g/mol. The van der Waals surface area contributed by atoms with Gasteiger partial charge in [0.1, 0.15) is 11.5 Å². The molecule has 0 saturated heterocycles. The van der Waals surface area contributed by atoms with Gasteiger partial charge in [0.05, 0.1) is 38.3 Å². The molecule has 0 bridgehead atoms. The molecule has 0 spiro atoms. The van der Waals surface area contributed by atoms with E-state index < -0.39 is 0 Å². The Kier molecular flexibility index (Phi) is 5.81. The number of amides is 2. The lowest BCUT2D eigenvalue weighted by molar-refractivity contribution is -0.125. The van der Waals surface area contributed by atoms with Crippen LogP contribution in [0.25, 0.3) is 0 Å². The molecule has 1 fully saturated rings. The van der Waals surface area contributed by atoms with E-state index in [1.165, 1.54) is 7.11 Å². The number of rotatable bonds is 8. The first kappa shape index (κ1) is 17.1. The average Bonchev–Trinajstić information content (AvgIpc) is 3.35. The maximum absolute atomic E-state index is 12.3. The number of hydrogen-bond acceptors (Lipinski definition) is 5. The van der Waals surface area contributed by atoms with E-state index in [1.807, 2.05) is 0 Å². The van der Waals surface area contributed by atoms with E-state index in [4.69, 9.17) is 14.2 Å². The summed E-state index contributed by atoms with van der Waals surface area (Å²) in [5, 5.41) is 5.55. The molecule has 2 amide bonds. The minimum atomic E-state index is -0.312. The summed E-state index contributed by atoms with van der Waals surface area (Å²) in [6, 6.07) is 5.15. The Balaban J connectivity index is 1.92. The Morgan fingerprint density at radius 1 is 1.13 bits per heavy atom. The maximum atomic E-state index is 12.3. The lowest BCUT2D eigenvalue weighted by atomic mass is 10.2. The highest BCUT2D eigenvalue weighted by atomic mass is 16.5. The van der Waals surface area contributed by atoms with E-state index in [9.17, 15) is 9.59 Å². The highest BCUT2D eigenvalue weighted by Gasteiger charge is 2.48. The Labute approximate surface area is 135 Å². The van der Waals surface area contributed by atoms with Crippen LogP contribution in [0.1, 0.15) is 6.42 Å². The van der Waals surface area contributed by atoms with Gasteiger partial charge in [-0.25, -0.2) is 0 Å². The van der Waals surface area contributed by atoms with Crippen LogP contribution in [0.3, 0.4) is 0 Å². The quantitative estimate of drug-likeness (QED) is 0.699. The fourth-order valence-corrected chi connectivity index (χ4v) is 2.32. The van der Waals surface area contributed by atoms with Crippen molar-refractivity contribution in [2.75, 3.05) is 39.8 Å². The van der Waals surface area contributed by atoms with Crippen molar-refractivity contribution in [3.05, 3.63) is 18.2 Å². The highest BCUT2D eigenvalue weighted by Crippen LogP contribution is 2.40. The summed E-state index contributed by atoms with van der Waals surface area (Å²) < 4.78 is 15.2. The van der Waals surface area contributed by atoms with Gasteiger partial charge in [-0.05, 0) is 18.6 Å². The number of methoxy groups -OCH3 is 3. The number of benzene rings is 1. The lowest BCUT2D eigenvalue weighted by Gasteiger charge is -2.11. The third kappa shape index (κ3) is 4.35. The first-order valence-corrected chi connectivity index (χ1v) is 7.40. The predicted molar refractivity (Wildman–Crippen MR) is 84.7 cm³/mol. The number of carbonyl (C=O) groups excluding carboxylic acids is 2. The topological polar surface area (TPSA) is 85.9 Å². The van der Waals surface area contributed by atoms with E-state index in [-0.39, 0.29) is 23.7 Å². The smallest absolute Gasteiger partial charge is 0.228 e. The van der Waals surface area contributed by atoms with Crippen molar-refractivity contribution in [3.63, 3.8) is 0 Å². The van der Waals surface area contributed by atoms with E-state index >= 15 is 0 Å². The van der Waals surface area contributed by atoms with Crippen LogP contribution in [0.2, 0.25) is 0 Å². The van der Waals surface area contributed by atoms with Crippen LogP contribution in [0, 0.1) is 11.8 Å². The standard InChI is InChI=1S/C16H22N2O5/c1-21-7-6-17-15(19)11-9-12(11)16(20)18-13-8-10(22-2)4-5-14(13)23-3/h4-5,8,11-12H,6-7,9H2,1-3H3,(H,17,19)(H,18,20). The lowest BCUT2D eigenvalue weighted by Crippen LogP contribution is -2.30. The summed E-state index contributed by atoms with van der Waals surface area (Å²) in [7, 11) is 4.65. The fraction of sp³-hybridized carbons (Fsp3) is 0.500. The van der Waals surface area contributed by atoms with E-state index in [2.05, 4.69) is 10.6 Å². The van der Waals surface area contributed by atoms with Gasteiger partial charge in [0.25, 0.3) is 0 Å². The highest BCUT2D eigenvalue weighted by molar-refractivity contribution is 6.00. The molecule has 0 aliphatic heterocycles. The fourth-order valence-electron chi connectivity index (χ4n) is 2.32. The van der Waals surface area contributed by atoms with Gasteiger partial charge in [-0.2, -0.15) is 0 Å². The van der Waals surface area contributed by atoms with Crippen molar-refractivity contribution in [1.29, 1.82) is 0 Å². The molecule has 23 heavy (non-hydrogen) atoms. The monoisotopic (exact) mass is 322 g/mol. The Hall–Kier alpha value is -2.28. The minimum absolute atomic E-state index is 0.111. The molecule has 0 aromatic heterocycles. The molecule has 1 aromatic rings. The zero-order chi connectivity index (χ0) is 16.8. The Bertz CT molecular complexity index is 576. The molecule has 0 heterocycles. The van der Waals surface area contributed by atoms with Gasteiger partial charge in [-0.3, -0.25) is 9.59 Å². The van der Waals surface area contributed by atoms with E-state index in [0.717, 1.165) is 0 Å². The molecule has 2 atom stereocenters. The molecule has 2 N–H and O–H groups in total. The van der Waals surface area contributed by atoms with Gasteiger partial charge < -0.3 is 24.8 Å². The molecular weight excluding hydrogens is 300 g/mol. The van der Waals surface area contributed by atoms with Gasteiger partial charge in [-0.15, -0.1) is 0 Å². The third-order valence-electron chi connectivity index (χ3n) is 3.73. The second-order valence-electron chi connectivity index (χ2n) is 5.29. The normalized spacial score (nSPS) is 18.9. The van der Waals surface area contributed by atoms with Crippen LogP contribution >= 0.6 is 0 Å². The van der Waals surface area contributed by atoms with Crippen molar-refractivity contribution in [2.45, 2.75) is 6.42 Å². The first-order valence-electron chi connectivity index (χ1n) is 7.40. The molecule has 1 saturated carbocycles. The molecule has 0 radical (unpaired) electrons. The molecule has 1 aliphatic carbocycles. The van der Waals surface area contributed by atoms with Crippen LogP contribution in [0.15, 0.2) is 18.2 Å². The molecule has 7 heteroatoms. The SMILES string of the molecule is COCCNC(=O)C1CC1C(=O)Nc1cc(OC)ccc1OC. The first-order chi connectivity index (χ1) is 11.1. The zero-order valence-corrected chi connectivity index (χ0v) is 13.5. The zero-order valence-electron chi connectivity index (χ0n) is 13.5. The molecular formula is C16H22N2O5. The second kappa shape index (κ2) is 7.82. The number of hydrogen-bond donors (Lipinski definition) is 2. The van der Waals surface area contributed by atoms with Crippen molar-refractivity contribution < 1.29 is 23.8 Å². The van der Waals surface area contributed by atoms with Gasteiger partial charge in [-0.1, -0.05) is 0 Å². The largest absolute Gasteiger partial charge is 0.497 e.